The summed E-state index contributed by atoms with van der Waals surface area (Å²) >= 11 is 7.27. The second-order valence-corrected chi connectivity index (χ2v) is 5.66. The predicted molar refractivity (Wildman–Crippen MR) is 61.6 cm³/mol. The maximum Gasteiger partial charge on any atom is 0.166 e. The molecule has 0 spiro atoms. The number of halogens is 1. The fraction of sp³-hybridized carbons (Fsp3) is 0.545. The Labute approximate surface area is 98.2 Å². The van der Waals surface area contributed by atoms with E-state index in [9.17, 15) is 4.79 Å². The van der Waals surface area contributed by atoms with E-state index in [2.05, 4.69) is 0 Å². The molecule has 1 aromatic heterocycles. The summed E-state index contributed by atoms with van der Waals surface area (Å²) < 4.78 is 6.26. The van der Waals surface area contributed by atoms with Crippen molar-refractivity contribution in [2.24, 2.45) is 0 Å². The molecule has 2 heterocycles. The van der Waals surface area contributed by atoms with Gasteiger partial charge in [0.1, 0.15) is 6.10 Å². The molecule has 2 unspecified atom stereocenters. The quantitative estimate of drug-likeness (QED) is 0.817. The van der Waals surface area contributed by atoms with Crippen LogP contribution in [0.3, 0.4) is 0 Å². The Hall–Kier alpha value is -0.380. The molecule has 1 aliphatic rings. The Morgan fingerprint density at radius 3 is 2.93 bits per heavy atom. The van der Waals surface area contributed by atoms with Gasteiger partial charge >= 0.3 is 0 Å². The van der Waals surface area contributed by atoms with Gasteiger partial charge in [-0.1, -0.05) is 11.6 Å². The zero-order valence-corrected chi connectivity index (χ0v) is 10.1. The van der Waals surface area contributed by atoms with E-state index in [1.54, 1.807) is 0 Å². The molecule has 0 amide bonds. The van der Waals surface area contributed by atoms with Crippen LogP contribution in [-0.4, -0.2) is 18.0 Å². The van der Waals surface area contributed by atoms with Crippen LogP contribution >= 0.6 is 22.9 Å². The summed E-state index contributed by atoms with van der Waals surface area (Å²) in [5.41, 5.74) is 0. The van der Waals surface area contributed by atoms with Gasteiger partial charge in [-0.05, 0) is 31.9 Å². The Bertz CT molecular complexity index is 361. The van der Waals surface area contributed by atoms with Gasteiger partial charge in [0.25, 0.3) is 0 Å². The van der Waals surface area contributed by atoms with Crippen LogP contribution in [0.25, 0.3) is 0 Å². The van der Waals surface area contributed by atoms with Gasteiger partial charge in [0.2, 0.25) is 0 Å². The molecule has 0 aliphatic carbocycles. The highest BCUT2D eigenvalue weighted by atomic mass is 35.5. The smallest absolute Gasteiger partial charge is 0.166 e. The van der Waals surface area contributed by atoms with Crippen molar-refractivity contribution in [2.75, 3.05) is 0 Å². The number of ketones is 1. The van der Waals surface area contributed by atoms with Crippen molar-refractivity contribution in [3.63, 3.8) is 0 Å². The molecule has 0 N–H and O–H groups in total. The summed E-state index contributed by atoms with van der Waals surface area (Å²) in [6.45, 7) is 2.01. The van der Waals surface area contributed by atoms with E-state index < -0.39 is 0 Å². The van der Waals surface area contributed by atoms with E-state index in [1.807, 2.05) is 19.1 Å². The predicted octanol–water partition coefficient (Wildman–Crippen LogP) is 3.08. The first-order valence-corrected chi connectivity index (χ1v) is 6.27. The van der Waals surface area contributed by atoms with Crippen LogP contribution in [0.4, 0.5) is 0 Å². The van der Waals surface area contributed by atoms with Crippen LogP contribution in [0.1, 0.15) is 24.6 Å². The number of thiophene rings is 1. The first-order chi connectivity index (χ1) is 7.15. The average molecular weight is 245 g/mol. The van der Waals surface area contributed by atoms with Crippen molar-refractivity contribution < 1.29 is 9.53 Å². The standard InChI is InChI=1S/C11H13ClO2S/c1-7-2-4-10(14-7)9(13)6-8-3-5-11(12)15-8/h3,5,7,10H,2,4,6H2,1H3. The maximum absolute atomic E-state index is 11.8. The van der Waals surface area contributed by atoms with E-state index in [1.165, 1.54) is 11.3 Å². The summed E-state index contributed by atoms with van der Waals surface area (Å²) in [6, 6.07) is 3.73. The maximum atomic E-state index is 11.8. The van der Waals surface area contributed by atoms with Gasteiger partial charge in [-0.15, -0.1) is 11.3 Å². The zero-order valence-electron chi connectivity index (χ0n) is 8.53. The molecule has 0 radical (unpaired) electrons. The lowest BCUT2D eigenvalue weighted by Gasteiger charge is -2.08. The molecule has 1 aliphatic heterocycles. The summed E-state index contributed by atoms with van der Waals surface area (Å²) in [6.07, 6.45) is 2.34. The van der Waals surface area contributed by atoms with Crippen molar-refractivity contribution in [1.82, 2.24) is 0 Å². The highest BCUT2D eigenvalue weighted by Gasteiger charge is 2.27. The second kappa shape index (κ2) is 4.64. The third-order valence-electron chi connectivity index (χ3n) is 2.57. The fourth-order valence-electron chi connectivity index (χ4n) is 1.77. The van der Waals surface area contributed by atoms with Gasteiger partial charge in [-0.2, -0.15) is 0 Å². The number of carbonyl (C=O) groups excluding carboxylic acids is 1. The lowest BCUT2D eigenvalue weighted by molar-refractivity contribution is -0.128. The molecule has 2 rings (SSSR count). The van der Waals surface area contributed by atoms with Crippen molar-refractivity contribution in [3.8, 4) is 0 Å². The van der Waals surface area contributed by atoms with E-state index in [-0.39, 0.29) is 18.0 Å². The molecule has 2 nitrogen and oxygen atoms in total. The minimum atomic E-state index is -0.194. The second-order valence-electron chi connectivity index (χ2n) is 3.86. The molecule has 0 aromatic carbocycles. The lowest BCUT2D eigenvalue weighted by Crippen LogP contribution is -2.22. The van der Waals surface area contributed by atoms with Gasteiger partial charge in [-0.25, -0.2) is 0 Å². The highest BCUT2D eigenvalue weighted by molar-refractivity contribution is 7.16. The number of hydrogen-bond acceptors (Lipinski definition) is 3. The van der Waals surface area contributed by atoms with Gasteiger partial charge in [0.05, 0.1) is 10.4 Å². The first-order valence-electron chi connectivity index (χ1n) is 5.07. The highest BCUT2D eigenvalue weighted by Crippen LogP contribution is 2.25. The Kier molecular flexibility index (Phi) is 3.44. The number of rotatable bonds is 3. The van der Waals surface area contributed by atoms with E-state index in [4.69, 9.17) is 16.3 Å². The van der Waals surface area contributed by atoms with Gasteiger partial charge in [-0.3, -0.25) is 4.79 Å². The third-order valence-corrected chi connectivity index (χ3v) is 3.80. The van der Waals surface area contributed by atoms with Crippen LogP contribution in [-0.2, 0) is 16.0 Å². The molecule has 0 saturated carbocycles. The van der Waals surface area contributed by atoms with Gasteiger partial charge in [0, 0.05) is 11.3 Å². The molecule has 2 atom stereocenters. The molecule has 1 aromatic rings. The van der Waals surface area contributed by atoms with Gasteiger partial charge in [0.15, 0.2) is 5.78 Å². The number of carbonyl (C=O) groups is 1. The van der Waals surface area contributed by atoms with Crippen molar-refractivity contribution >= 4 is 28.7 Å². The molecular formula is C11H13ClO2S. The van der Waals surface area contributed by atoms with Crippen molar-refractivity contribution in [2.45, 2.75) is 38.4 Å². The van der Waals surface area contributed by atoms with Crippen LogP contribution in [0.15, 0.2) is 12.1 Å². The fourth-order valence-corrected chi connectivity index (χ4v) is 2.87. The molecule has 0 bridgehead atoms. The first kappa shape index (κ1) is 11.1. The summed E-state index contributed by atoms with van der Waals surface area (Å²) in [7, 11) is 0. The minimum Gasteiger partial charge on any atom is -0.367 e. The zero-order chi connectivity index (χ0) is 10.8. The number of hydrogen-bond donors (Lipinski definition) is 0. The molecule has 4 heteroatoms. The van der Waals surface area contributed by atoms with Crippen LogP contribution in [0, 0.1) is 0 Å². The lowest BCUT2D eigenvalue weighted by atomic mass is 10.1. The van der Waals surface area contributed by atoms with E-state index >= 15 is 0 Å². The Balaban J connectivity index is 1.92. The number of Topliss-reactive ketones (excluding diaryl/α,β-unsaturated/α-hetero) is 1. The minimum absolute atomic E-state index is 0.179. The molecular weight excluding hydrogens is 232 g/mol. The van der Waals surface area contributed by atoms with Gasteiger partial charge < -0.3 is 4.74 Å². The third kappa shape index (κ3) is 2.80. The van der Waals surface area contributed by atoms with Crippen molar-refractivity contribution in [1.29, 1.82) is 0 Å². The van der Waals surface area contributed by atoms with Crippen LogP contribution < -0.4 is 0 Å². The van der Waals surface area contributed by atoms with Crippen LogP contribution in [0.5, 0.6) is 0 Å². The van der Waals surface area contributed by atoms with Crippen molar-refractivity contribution in [3.05, 3.63) is 21.3 Å². The topological polar surface area (TPSA) is 26.3 Å². The monoisotopic (exact) mass is 244 g/mol. The molecule has 15 heavy (non-hydrogen) atoms. The largest absolute Gasteiger partial charge is 0.367 e. The number of ether oxygens (including phenoxy) is 1. The molecule has 1 fully saturated rings. The van der Waals surface area contributed by atoms with E-state index in [0.29, 0.717) is 6.42 Å². The molecule has 82 valence electrons. The average Bonchev–Trinajstić information content (AvgIpc) is 2.75. The van der Waals surface area contributed by atoms with E-state index in [0.717, 1.165) is 22.1 Å². The van der Waals surface area contributed by atoms with Crippen LogP contribution in [0.2, 0.25) is 4.34 Å². The Morgan fingerprint density at radius 1 is 1.60 bits per heavy atom. The Morgan fingerprint density at radius 2 is 2.40 bits per heavy atom. The SMILES string of the molecule is CC1CCC(C(=O)Cc2ccc(Cl)s2)O1. The summed E-state index contributed by atoms with van der Waals surface area (Å²) in [5.74, 6) is 0.179. The summed E-state index contributed by atoms with van der Waals surface area (Å²) in [5, 5.41) is 0. The normalized spacial score (nSPS) is 25.7. The molecule has 1 saturated heterocycles. The summed E-state index contributed by atoms with van der Waals surface area (Å²) in [4.78, 5) is 12.8.